The number of hydrogen-bond donors (Lipinski definition) is 0. The van der Waals surface area contributed by atoms with E-state index in [1.807, 2.05) is 26.0 Å². The maximum atomic E-state index is 11.9. The summed E-state index contributed by atoms with van der Waals surface area (Å²) in [5.41, 5.74) is 0.874. The lowest BCUT2D eigenvalue weighted by molar-refractivity contribution is -0.133. The Kier molecular flexibility index (Phi) is 5.21. The highest BCUT2D eigenvalue weighted by atomic mass is 32.1. The number of carbonyl (C=O) groups is 1. The molecule has 7 heteroatoms. The summed E-state index contributed by atoms with van der Waals surface area (Å²) in [6.07, 6.45) is 4.27. The van der Waals surface area contributed by atoms with E-state index < -0.39 is 0 Å². The highest BCUT2D eigenvalue weighted by molar-refractivity contribution is 7.07. The number of nitrogens with zero attached hydrogens (tertiary/aromatic N) is 4. The average molecular weight is 306 g/mol. The summed E-state index contributed by atoms with van der Waals surface area (Å²) in [5, 5.41) is 0.396. The van der Waals surface area contributed by atoms with Crippen molar-refractivity contribution in [2.75, 3.05) is 13.7 Å². The van der Waals surface area contributed by atoms with Gasteiger partial charge >= 0.3 is 0 Å². The number of pyridine rings is 1. The van der Waals surface area contributed by atoms with Gasteiger partial charge in [-0.3, -0.25) is 9.78 Å². The van der Waals surface area contributed by atoms with Gasteiger partial charge < -0.3 is 9.64 Å². The first-order valence-corrected chi connectivity index (χ1v) is 7.51. The van der Waals surface area contributed by atoms with Crippen molar-refractivity contribution in [3.63, 3.8) is 0 Å². The molecule has 0 aliphatic heterocycles. The molecule has 2 rings (SSSR count). The molecule has 0 radical (unpaired) electrons. The topological polar surface area (TPSA) is 68.2 Å². The molecule has 1 amide bonds. The number of aromatic nitrogens is 3. The van der Waals surface area contributed by atoms with Crippen molar-refractivity contribution in [3.8, 4) is 16.6 Å². The van der Waals surface area contributed by atoms with Gasteiger partial charge in [0, 0.05) is 42.6 Å². The van der Waals surface area contributed by atoms with Crippen molar-refractivity contribution in [3.05, 3.63) is 24.5 Å². The lowest BCUT2D eigenvalue weighted by atomic mass is 10.2. The Bertz CT molecular complexity index is 588. The predicted octanol–water partition coefficient (Wildman–Crippen LogP) is 2.24. The number of likely N-dealkylation sites (N-methyl/N-ethyl adjacent to an activating group) is 1. The molecule has 2 aromatic rings. The second-order valence-corrected chi connectivity index (χ2v) is 5.38. The molecule has 2 aromatic heterocycles. The number of amides is 1. The van der Waals surface area contributed by atoms with Crippen molar-refractivity contribution in [1.29, 1.82) is 0 Å². The Morgan fingerprint density at radius 3 is 2.81 bits per heavy atom. The summed E-state index contributed by atoms with van der Waals surface area (Å²) >= 11 is 1.14. The van der Waals surface area contributed by atoms with Crippen LogP contribution >= 0.6 is 11.5 Å². The predicted molar refractivity (Wildman–Crippen MR) is 81.2 cm³/mol. The van der Waals surface area contributed by atoms with Gasteiger partial charge in [-0.2, -0.15) is 9.36 Å². The summed E-state index contributed by atoms with van der Waals surface area (Å²) in [6, 6.07) is 3.85. The molecule has 0 aliphatic rings. The fourth-order valence-electron chi connectivity index (χ4n) is 1.63. The van der Waals surface area contributed by atoms with E-state index in [-0.39, 0.29) is 18.6 Å². The maximum Gasteiger partial charge on any atom is 0.294 e. The average Bonchev–Trinajstić information content (AvgIpc) is 3.01. The fraction of sp³-hybridized carbons (Fsp3) is 0.429. The van der Waals surface area contributed by atoms with Crippen LogP contribution in [0.5, 0.6) is 5.19 Å². The van der Waals surface area contributed by atoms with Crippen LogP contribution in [0.4, 0.5) is 0 Å². The molecule has 112 valence electrons. The maximum absolute atomic E-state index is 11.9. The first kappa shape index (κ1) is 15.4. The zero-order chi connectivity index (χ0) is 15.2. The van der Waals surface area contributed by atoms with Crippen LogP contribution in [-0.4, -0.2) is 44.8 Å². The summed E-state index contributed by atoms with van der Waals surface area (Å²) in [4.78, 5) is 21.8. The van der Waals surface area contributed by atoms with Gasteiger partial charge in [0.15, 0.2) is 12.4 Å². The minimum absolute atomic E-state index is 0.0220. The van der Waals surface area contributed by atoms with Gasteiger partial charge in [-0.25, -0.2) is 0 Å². The van der Waals surface area contributed by atoms with Crippen LogP contribution in [0.2, 0.25) is 0 Å². The molecule has 0 aromatic carbocycles. The van der Waals surface area contributed by atoms with Crippen LogP contribution in [0.1, 0.15) is 20.3 Å². The van der Waals surface area contributed by atoms with Crippen molar-refractivity contribution >= 4 is 17.4 Å². The highest BCUT2D eigenvalue weighted by Gasteiger charge is 2.16. The van der Waals surface area contributed by atoms with Gasteiger partial charge in [-0.1, -0.05) is 6.92 Å². The summed E-state index contributed by atoms with van der Waals surface area (Å²) < 4.78 is 9.64. The number of hydrogen-bond acceptors (Lipinski definition) is 6. The van der Waals surface area contributed by atoms with E-state index in [1.165, 1.54) is 0 Å². The van der Waals surface area contributed by atoms with Crippen LogP contribution in [0.3, 0.4) is 0 Å². The molecule has 0 saturated carbocycles. The largest absolute Gasteiger partial charge is 0.459 e. The molecule has 0 spiro atoms. The third-order valence-corrected chi connectivity index (χ3v) is 3.94. The van der Waals surface area contributed by atoms with Crippen LogP contribution in [0.25, 0.3) is 11.4 Å². The molecular weight excluding hydrogens is 288 g/mol. The monoisotopic (exact) mass is 306 g/mol. The molecular formula is C14H18N4O2S. The Hall–Kier alpha value is -2.02. The van der Waals surface area contributed by atoms with Gasteiger partial charge in [0.1, 0.15) is 0 Å². The van der Waals surface area contributed by atoms with E-state index in [1.54, 1.807) is 24.3 Å². The van der Waals surface area contributed by atoms with E-state index >= 15 is 0 Å². The summed E-state index contributed by atoms with van der Waals surface area (Å²) in [7, 11) is 1.78. The molecule has 0 saturated heterocycles. The van der Waals surface area contributed by atoms with E-state index in [9.17, 15) is 4.79 Å². The third-order valence-electron chi connectivity index (χ3n) is 3.31. The molecule has 0 N–H and O–H groups in total. The molecule has 0 bridgehead atoms. The van der Waals surface area contributed by atoms with Crippen molar-refractivity contribution in [2.24, 2.45) is 0 Å². The fourth-order valence-corrected chi connectivity index (χ4v) is 2.18. The number of ether oxygens (including phenoxy) is 1. The quantitative estimate of drug-likeness (QED) is 0.818. The van der Waals surface area contributed by atoms with E-state index in [0.717, 1.165) is 23.5 Å². The van der Waals surface area contributed by atoms with Gasteiger partial charge in [-0.15, -0.1) is 0 Å². The van der Waals surface area contributed by atoms with Gasteiger partial charge in [0.25, 0.3) is 11.1 Å². The number of carbonyl (C=O) groups excluding carboxylic acids is 1. The van der Waals surface area contributed by atoms with Crippen LogP contribution < -0.4 is 4.74 Å². The molecule has 21 heavy (non-hydrogen) atoms. The van der Waals surface area contributed by atoms with E-state index in [2.05, 4.69) is 14.3 Å². The molecule has 6 nitrogen and oxygen atoms in total. The SMILES string of the molecule is CCC(C)N(C)C(=O)COc1nc(-c2ccncc2)ns1. The van der Waals surface area contributed by atoms with Crippen LogP contribution in [0, 0.1) is 0 Å². The summed E-state index contributed by atoms with van der Waals surface area (Å²) in [6.45, 7) is 4.03. The normalized spacial score (nSPS) is 12.0. The molecule has 1 atom stereocenters. The third kappa shape index (κ3) is 3.98. The van der Waals surface area contributed by atoms with Crippen molar-refractivity contribution < 1.29 is 9.53 Å². The zero-order valence-electron chi connectivity index (χ0n) is 12.3. The first-order chi connectivity index (χ1) is 10.1. The van der Waals surface area contributed by atoms with Crippen molar-refractivity contribution in [2.45, 2.75) is 26.3 Å². The van der Waals surface area contributed by atoms with Crippen LogP contribution in [-0.2, 0) is 4.79 Å². The zero-order valence-corrected chi connectivity index (χ0v) is 13.1. The Morgan fingerprint density at radius 1 is 1.43 bits per heavy atom. The minimum atomic E-state index is -0.0648. The lowest BCUT2D eigenvalue weighted by Crippen LogP contribution is -2.37. The van der Waals surface area contributed by atoms with Crippen LogP contribution in [0.15, 0.2) is 24.5 Å². The molecule has 2 heterocycles. The first-order valence-electron chi connectivity index (χ1n) is 6.74. The molecule has 0 aliphatic carbocycles. The Labute approximate surface area is 128 Å². The smallest absolute Gasteiger partial charge is 0.294 e. The Balaban J connectivity index is 1.93. The van der Waals surface area contributed by atoms with Crippen molar-refractivity contribution in [1.82, 2.24) is 19.2 Å². The van der Waals surface area contributed by atoms with E-state index in [0.29, 0.717) is 11.0 Å². The lowest BCUT2D eigenvalue weighted by Gasteiger charge is -2.23. The molecule has 1 unspecified atom stereocenters. The Morgan fingerprint density at radius 2 is 2.14 bits per heavy atom. The minimum Gasteiger partial charge on any atom is -0.459 e. The highest BCUT2D eigenvalue weighted by Crippen LogP contribution is 2.21. The van der Waals surface area contributed by atoms with E-state index in [4.69, 9.17) is 4.74 Å². The number of rotatable bonds is 6. The van der Waals surface area contributed by atoms with Gasteiger partial charge in [0.2, 0.25) is 0 Å². The van der Waals surface area contributed by atoms with Gasteiger partial charge in [0.05, 0.1) is 0 Å². The second kappa shape index (κ2) is 7.12. The summed E-state index contributed by atoms with van der Waals surface area (Å²) in [5.74, 6) is 0.519. The van der Waals surface area contributed by atoms with Gasteiger partial charge in [-0.05, 0) is 25.5 Å². The molecule has 0 fully saturated rings. The standard InChI is InChI=1S/C14H18N4O2S/c1-4-10(2)18(3)12(19)9-20-14-16-13(17-21-14)11-5-7-15-8-6-11/h5-8,10H,4,9H2,1-3H3. The second-order valence-electron chi connectivity index (χ2n) is 4.67.